The molecule has 0 fully saturated rings. The van der Waals surface area contributed by atoms with E-state index >= 15 is 0 Å². The smallest absolute Gasteiger partial charge is 0.240 e. The van der Waals surface area contributed by atoms with Crippen molar-refractivity contribution >= 4 is 42.8 Å². The number of nitrogens with one attached hydrogen (secondary N) is 2. The number of pyridine rings is 1. The fourth-order valence-electron chi connectivity index (χ4n) is 2.76. The van der Waals surface area contributed by atoms with Gasteiger partial charge in [-0.05, 0) is 48.2 Å². The average molecular weight is 460 g/mol. The summed E-state index contributed by atoms with van der Waals surface area (Å²) in [5, 5.41) is 5.00. The lowest BCUT2D eigenvalue weighted by molar-refractivity contribution is 0.545. The minimum atomic E-state index is -3.57. The first-order valence-electron chi connectivity index (χ1n) is 8.93. The summed E-state index contributed by atoms with van der Waals surface area (Å²) >= 11 is 3.41. The van der Waals surface area contributed by atoms with E-state index in [1.807, 2.05) is 43.3 Å². The first-order chi connectivity index (χ1) is 13.4. The van der Waals surface area contributed by atoms with Gasteiger partial charge in [-0.1, -0.05) is 46.3 Å². The normalized spacial score (nSPS) is 13.2. The molecule has 1 heterocycles. The van der Waals surface area contributed by atoms with Gasteiger partial charge in [-0.15, -0.1) is 0 Å². The van der Waals surface area contributed by atoms with E-state index in [0.717, 1.165) is 20.8 Å². The van der Waals surface area contributed by atoms with Gasteiger partial charge in [0.1, 0.15) is 0 Å². The average Bonchev–Trinajstić information content (AvgIpc) is 2.68. The van der Waals surface area contributed by atoms with Gasteiger partial charge >= 0.3 is 0 Å². The molecule has 0 unspecified atom stereocenters. The van der Waals surface area contributed by atoms with Gasteiger partial charge in [-0.25, -0.2) is 13.1 Å². The predicted octanol–water partition coefficient (Wildman–Crippen LogP) is 3.97. The number of aromatic nitrogens is 1. The predicted molar refractivity (Wildman–Crippen MR) is 118 cm³/mol. The van der Waals surface area contributed by atoms with Gasteiger partial charge in [-0.3, -0.25) is 4.98 Å². The third-order valence-electron chi connectivity index (χ3n) is 4.17. The first kappa shape index (κ1) is 20.7. The van der Waals surface area contributed by atoms with Crippen LogP contribution in [-0.4, -0.2) is 32.5 Å². The van der Waals surface area contributed by atoms with Crippen LogP contribution in [0, 0.1) is 0 Å². The number of fused-ring (bicyclic) bond motifs is 1. The Bertz CT molecular complexity index is 1070. The number of benzene rings is 2. The highest BCUT2D eigenvalue weighted by Gasteiger charge is 2.17. The van der Waals surface area contributed by atoms with E-state index in [1.54, 1.807) is 36.7 Å². The molecular formula is C21H22BrN3O2S. The van der Waals surface area contributed by atoms with E-state index in [0.29, 0.717) is 13.1 Å². The summed E-state index contributed by atoms with van der Waals surface area (Å²) in [6.07, 6.45) is 7.41. The molecule has 2 N–H and O–H groups in total. The molecule has 0 aliphatic carbocycles. The molecule has 7 heteroatoms. The number of nitrogens with zero attached hydrogens (tertiary/aromatic N) is 1. The Hall–Kier alpha value is -2.06. The zero-order valence-corrected chi connectivity index (χ0v) is 17.9. The van der Waals surface area contributed by atoms with Crippen LogP contribution in [0.3, 0.4) is 0 Å². The standard InChI is InChI=1S/C21H22BrN3O2S/c1-16(14-23-11-2-3-17-4-7-20(22)8-5-17)25-28(26,27)21-9-6-19-15-24-12-10-18(19)13-21/h2-10,12-13,15-16,23,25H,11,14H2,1H3/b3-2+/t16-/m1/s1. The molecule has 28 heavy (non-hydrogen) atoms. The number of sulfonamides is 1. The summed E-state index contributed by atoms with van der Waals surface area (Å²) in [6.45, 7) is 3.03. The van der Waals surface area contributed by atoms with Crippen molar-refractivity contribution in [2.45, 2.75) is 17.9 Å². The quantitative estimate of drug-likeness (QED) is 0.500. The highest BCUT2D eigenvalue weighted by molar-refractivity contribution is 9.10. The van der Waals surface area contributed by atoms with E-state index in [2.05, 4.69) is 31.0 Å². The van der Waals surface area contributed by atoms with Gasteiger partial charge in [0.15, 0.2) is 0 Å². The largest absolute Gasteiger partial charge is 0.312 e. The van der Waals surface area contributed by atoms with Crippen LogP contribution in [0.2, 0.25) is 0 Å². The Labute approximate surface area is 174 Å². The minimum absolute atomic E-state index is 0.237. The lowest BCUT2D eigenvalue weighted by atomic mass is 10.2. The maximum atomic E-state index is 12.6. The molecule has 3 rings (SSSR count). The molecule has 146 valence electrons. The maximum Gasteiger partial charge on any atom is 0.240 e. The second-order valence-corrected chi connectivity index (χ2v) is 9.15. The van der Waals surface area contributed by atoms with E-state index in [1.165, 1.54) is 0 Å². The Kier molecular flexibility index (Phi) is 6.96. The molecule has 0 spiro atoms. The summed E-state index contributed by atoms with van der Waals surface area (Å²) < 4.78 is 29.0. The molecule has 0 saturated heterocycles. The van der Waals surface area contributed by atoms with Gasteiger partial charge in [0.05, 0.1) is 4.90 Å². The molecule has 1 aromatic heterocycles. The molecule has 3 aromatic rings. The summed E-state index contributed by atoms with van der Waals surface area (Å²) in [4.78, 5) is 4.30. The number of rotatable bonds is 8. The zero-order valence-electron chi connectivity index (χ0n) is 15.5. The third-order valence-corrected chi connectivity index (χ3v) is 6.29. The van der Waals surface area contributed by atoms with Crippen molar-refractivity contribution in [3.05, 3.63) is 77.0 Å². The van der Waals surface area contributed by atoms with Crippen LogP contribution < -0.4 is 10.0 Å². The molecule has 0 amide bonds. The van der Waals surface area contributed by atoms with E-state index < -0.39 is 10.0 Å². The van der Waals surface area contributed by atoms with Crippen LogP contribution in [0.15, 0.2) is 76.4 Å². The summed E-state index contributed by atoms with van der Waals surface area (Å²) in [5.41, 5.74) is 1.12. The molecule has 2 aromatic carbocycles. The van der Waals surface area contributed by atoms with Crippen molar-refractivity contribution in [1.29, 1.82) is 0 Å². The Balaban J connectivity index is 1.51. The van der Waals surface area contributed by atoms with E-state index in [-0.39, 0.29) is 10.9 Å². The molecule has 0 aliphatic heterocycles. The highest BCUT2D eigenvalue weighted by atomic mass is 79.9. The Morgan fingerprint density at radius 3 is 2.68 bits per heavy atom. The summed E-state index contributed by atoms with van der Waals surface area (Å²) in [7, 11) is -3.57. The fourth-order valence-corrected chi connectivity index (χ4v) is 4.30. The third kappa shape index (κ3) is 5.72. The molecule has 5 nitrogen and oxygen atoms in total. The Morgan fingerprint density at radius 1 is 1.11 bits per heavy atom. The number of halogens is 1. The van der Waals surface area contributed by atoms with Crippen molar-refractivity contribution < 1.29 is 8.42 Å². The maximum absolute atomic E-state index is 12.6. The van der Waals surface area contributed by atoms with Gasteiger partial charge in [0, 0.05) is 41.4 Å². The van der Waals surface area contributed by atoms with Gasteiger partial charge in [0.2, 0.25) is 10.0 Å². The molecule has 0 saturated carbocycles. The topological polar surface area (TPSA) is 71.1 Å². The summed E-state index contributed by atoms with van der Waals surface area (Å²) in [6, 6.07) is 14.6. The zero-order chi connectivity index (χ0) is 20.0. The molecule has 1 atom stereocenters. The van der Waals surface area contributed by atoms with Crippen molar-refractivity contribution in [3.8, 4) is 0 Å². The van der Waals surface area contributed by atoms with Crippen LogP contribution in [0.1, 0.15) is 12.5 Å². The minimum Gasteiger partial charge on any atom is -0.312 e. The van der Waals surface area contributed by atoms with Crippen molar-refractivity contribution in [1.82, 2.24) is 15.0 Å². The van der Waals surface area contributed by atoms with Crippen molar-refractivity contribution in [2.24, 2.45) is 0 Å². The number of hydrogen-bond acceptors (Lipinski definition) is 4. The number of hydrogen-bond donors (Lipinski definition) is 2. The molecule has 0 radical (unpaired) electrons. The van der Waals surface area contributed by atoms with E-state index in [4.69, 9.17) is 0 Å². The molecule has 0 aliphatic rings. The van der Waals surface area contributed by atoms with Crippen LogP contribution >= 0.6 is 15.9 Å². The second kappa shape index (κ2) is 9.43. The molecular weight excluding hydrogens is 438 g/mol. The van der Waals surface area contributed by atoms with Gasteiger partial charge < -0.3 is 5.32 Å². The van der Waals surface area contributed by atoms with Crippen molar-refractivity contribution in [3.63, 3.8) is 0 Å². The van der Waals surface area contributed by atoms with E-state index in [9.17, 15) is 8.42 Å². The lowest BCUT2D eigenvalue weighted by Gasteiger charge is -2.15. The van der Waals surface area contributed by atoms with Crippen LogP contribution in [-0.2, 0) is 10.0 Å². The Morgan fingerprint density at radius 2 is 1.89 bits per heavy atom. The monoisotopic (exact) mass is 459 g/mol. The molecule has 0 bridgehead atoms. The first-order valence-corrected chi connectivity index (χ1v) is 11.2. The highest BCUT2D eigenvalue weighted by Crippen LogP contribution is 2.18. The van der Waals surface area contributed by atoms with Crippen LogP contribution in [0.25, 0.3) is 16.8 Å². The second-order valence-electron chi connectivity index (χ2n) is 6.52. The lowest BCUT2D eigenvalue weighted by Crippen LogP contribution is -2.39. The fraction of sp³-hybridized carbons (Fsp3) is 0.190. The summed E-state index contributed by atoms with van der Waals surface area (Å²) in [5.74, 6) is 0. The van der Waals surface area contributed by atoms with Crippen LogP contribution in [0.5, 0.6) is 0 Å². The SMILES string of the molecule is C[C@H](CNC/C=C/c1ccc(Br)cc1)NS(=O)(=O)c1ccc2cnccc2c1. The van der Waals surface area contributed by atoms with Crippen molar-refractivity contribution in [2.75, 3.05) is 13.1 Å². The van der Waals surface area contributed by atoms with Gasteiger partial charge in [0.25, 0.3) is 0 Å². The van der Waals surface area contributed by atoms with Gasteiger partial charge in [-0.2, -0.15) is 0 Å². The van der Waals surface area contributed by atoms with Crippen LogP contribution in [0.4, 0.5) is 0 Å².